The van der Waals surface area contributed by atoms with Gasteiger partial charge in [-0.1, -0.05) is 97.1 Å². The summed E-state index contributed by atoms with van der Waals surface area (Å²) in [6, 6.07) is 44.2. The maximum atomic E-state index is 11.1. The van der Waals surface area contributed by atoms with Crippen molar-refractivity contribution < 1.29 is 24.1 Å². The molecule has 0 bridgehead atoms. The van der Waals surface area contributed by atoms with E-state index >= 15 is 0 Å². The van der Waals surface area contributed by atoms with Gasteiger partial charge in [-0.25, -0.2) is 4.79 Å². The molecule has 0 saturated heterocycles. The van der Waals surface area contributed by atoms with Crippen LogP contribution in [0.2, 0.25) is 0 Å². The average molecular weight is 647 g/mol. The Kier molecular flexibility index (Phi) is 9.53. The summed E-state index contributed by atoms with van der Waals surface area (Å²) in [6.07, 6.45) is 4.18. The van der Waals surface area contributed by atoms with Gasteiger partial charge in [0.05, 0.1) is 17.5 Å². The molecule has 0 spiro atoms. The standard InChI is InChI=1S/C42H34N2O5/c45-41(46)28-49-40-23-39(40)42(31-13-19-37(20-14-31)47-26-35-17-11-33(24-43-35)29-7-3-1-4-8-29)32-15-21-38(22-16-32)48-27-36-18-12-34(25-44-36)30-9-5-2-6-10-30/h1-22,24-25,40H,23,26-28H2,(H,45,46). The second-order valence-corrected chi connectivity index (χ2v) is 11.7. The lowest BCUT2D eigenvalue weighted by Crippen LogP contribution is -2.08. The van der Waals surface area contributed by atoms with Gasteiger partial charge in [-0.15, -0.1) is 0 Å². The molecule has 4 aromatic carbocycles. The molecule has 1 aliphatic carbocycles. The van der Waals surface area contributed by atoms with Crippen LogP contribution in [0.5, 0.6) is 11.5 Å². The number of pyridine rings is 2. The van der Waals surface area contributed by atoms with E-state index in [-0.39, 0.29) is 12.7 Å². The van der Waals surface area contributed by atoms with Crippen LogP contribution in [0.15, 0.2) is 151 Å². The predicted octanol–water partition coefficient (Wildman–Crippen LogP) is 8.64. The van der Waals surface area contributed by atoms with Gasteiger partial charge < -0.3 is 19.3 Å². The molecule has 2 aromatic heterocycles. The summed E-state index contributed by atoms with van der Waals surface area (Å²) >= 11 is 0. The minimum absolute atomic E-state index is 0.229. The van der Waals surface area contributed by atoms with E-state index in [2.05, 4.69) is 46.4 Å². The smallest absolute Gasteiger partial charge is 0.329 e. The third-order valence-corrected chi connectivity index (χ3v) is 8.29. The minimum atomic E-state index is -0.982. The lowest BCUT2D eigenvalue weighted by Gasteiger charge is -2.12. The molecule has 242 valence electrons. The number of carbonyl (C=O) groups is 1. The van der Waals surface area contributed by atoms with Crippen LogP contribution in [0.4, 0.5) is 0 Å². The number of carboxylic acid groups (broad SMARTS) is 1. The van der Waals surface area contributed by atoms with E-state index in [1.54, 1.807) is 0 Å². The second-order valence-electron chi connectivity index (χ2n) is 11.7. The quantitative estimate of drug-likeness (QED) is 0.134. The summed E-state index contributed by atoms with van der Waals surface area (Å²) in [4.78, 5) is 20.3. The van der Waals surface area contributed by atoms with Crippen molar-refractivity contribution >= 4 is 11.5 Å². The van der Waals surface area contributed by atoms with E-state index in [9.17, 15) is 4.79 Å². The zero-order valence-corrected chi connectivity index (χ0v) is 26.7. The molecule has 0 radical (unpaired) electrons. The van der Waals surface area contributed by atoms with Crippen LogP contribution in [0.3, 0.4) is 0 Å². The lowest BCUT2D eigenvalue weighted by atomic mass is 9.96. The second kappa shape index (κ2) is 14.8. The van der Waals surface area contributed by atoms with Crippen LogP contribution in [0.25, 0.3) is 27.8 Å². The van der Waals surface area contributed by atoms with Crippen LogP contribution >= 0.6 is 0 Å². The topological polar surface area (TPSA) is 90.8 Å². The molecule has 0 amide bonds. The predicted molar refractivity (Wildman–Crippen MR) is 189 cm³/mol. The maximum Gasteiger partial charge on any atom is 0.329 e. The van der Waals surface area contributed by atoms with Gasteiger partial charge in [0.25, 0.3) is 0 Å². The number of nitrogens with zero attached hydrogens (tertiary/aromatic N) is 2. The number of aromatic nitrogens is 2. The van der Waals surface area contributed by atoms with Gasteiger partial charge in [0.1, 0.15) is 31.3 Å². The maximum absolute atomic E-state index is 11.1. The largest absolute Gasteiger partial charge is 0.487 e. The summed E-state index contributed by atoms with van der Waals surface area (Å²) in [5.41, 5.74) is 10.1. The number of aliphatic carboxylic acids is 1. The molecule has 1 atom stereocenters. The highest BCUT2D eigenvalue weighted by molar-refractivity contribution is 5.85. The SMILES string of the molecule is O=C(O)COC1CC1=C(c1ccc(OCc2ccc(-c3ccccc3)cn2)cc1)c1ccc(OCc2ccc(-c3ccccc3)cn2)cc1. The zero-order valence-electron chi connectivity index (χ0n) is 26.7. The van der Waals surface area contributed by atoms with Crippen molar-refractivity contribution in [2.75, 3.05) is 6.61 Å². The van der Waals surface area contributed by atoms with E-state index in [1.807, 2.05) is 109 Å². The number of carboxylic acids is 1. The lowest BCUT2D eigenvalue weighted by molar-refractivity contribution is -0.142. The van der Waals surface area contributed by atoms with E-state index in [0.29, 0.717) is 19.6 Å². The van der Waals surface area contributed by atoms with Crippen molar-refractivity contribution in [2.45, 2.75) is 25.7 Å². The van der Waals surface area contributed by atoms with Crippen LogP contribution in [0.1, 0.15) is 28.9 Å². The molecule has 1 unspecified atom stereocenters. The van der Waals surface area contributed by atoms with Gasteiger partial charge >= 0.3 is 5.97 Å². The first-order valence-electron chi connectivity index (χ1n) is 16.1. The summed E-state index contributed by atoms with van der Waals surface area (Å²) in [6.45, 7) is 0.366. The number of ether oxygens (including phenoxy) is 3. The molecule has 7 rings (SSSR count). The first kappa shape index (κ1) is 31.5. The number of benzene rings is 4. The van der Waals surface area contributed by atoms with Crippen LogP contribution < -0.4 is 9.47 Å². The summed E-state index contributed by atoms with van der Waals surface area (Å²) < 4.78 is 17.7. The fourth-order valence-corrected chi connectivity index (χ4v) is 5.65. The van der Waals surface area contributed by atoms with Gasteiger partial charge in [-0.3, -0.25) is 9.97 Å². The third kappa shape index (κ3) is 8.09. The van der Waals surface area contributed by atoms with Crippen molar-refractivity contribution in [1.29, 1.82) is 0 Å². The molecule has 7 heteroatoms. The van der Waals surface area contributed by atoms with Gasteiger partial charge in [0.2, 0.25) is 0 Å². The van der Waals surface area contributed by atoms with Crippen LogP contribution in [0, 0.1) is 0 Å². The minimum Gasteiger partial charge on any atom is -0.487 e. The molecule has 0 aliphatic heterocycles. The van der Waals surface area contributed by atoms with Crippen molar-refractivity contribution in [3.05, 3.63) is 174 Å². The van der Waals surface area contributed by atoms with E-state index in [4.69, 9.17) is 19.3 Å². The third-order valence-electron chi connectivity index (χ3n) is 8.29. The first-order valence-corrected chi connectivity index (χ1v) is 16.1. The number of hydrogen-bond acceptors (Lipinski definition) is 6. The Morgan fingerprint density at radius 1 is 0.592 bits per heavy atom. The van der Waals surface area contributed by atoms with Gasteiger partial charge in [0.15, 0.2) is 0 Å². The monoisotopic (exact) mass is 646 g/mol. The molecule has 49 heavy (non-hydrogen) atoms. The molecular weight excluding hydrogens is 612 g/mol. The Balaban J connectivity index is 1.02. The summed E-state index contributed by atoms with van der Waals surface area (Å²) in [5.74, 6) is 0.473. The van der Waals surface area contributed by atoms with E-state index in [1.165, 1.54) is 0 Å². The highest BCUT2D eigenvalue weighted by atomic mass is 16.5. The summed E-state index contributed by atoms with van der Waals surface area (Å²) in [5, 5.41) is 9.13. The molecule has 7 nitrogen and oxygen atoms in total. The van der Waals surface area contributed by atoms with Crippen LogP contribution in [-0.2, 0) is 22.7 Å². The van der Waals surface area contributed by atoms with Crippen molar-refractivity contribution in [1.82, 2.24) is 9.97 Å². The highest BCUT2D eigenvalue weighted by Gasteiger charge is 2.35. The molecule has 1 fully saturated rings. The highest BCUT2D eigenvalue weighted by Crippen LogP contribution is 2.43. The molecule has 2 heterocycles. The van der Waals surface area contributed by atoms with E-state index in [0.717, 1.165) is 67.4 Å². The normalized spacial score (nSPS) is 13.5. The summed E-state index contributed by atoms with van der Waals surface area (Å²) in [7, 11) is 0. The fraction of sp³-hybridized carbons (Fsp3) is 0.119. The van der Waals surface area contributed by atoms with Gasteiger partial charge in [-0.05, 0) is 69.8 Å². The molecule has 6 aromatic rings. The fourth-order valence-electron chi connectivity index (χ4n) is 5.65. The van der Waals surface area contributed by atoms with Crippen molar-refractivity contribution in [3.8, 4) is 33.8 Å². The molecular formula is C42H34N2O5. The molecule has 1 saturated carbocycles. The average Bonchev–Trinajstić information content (AvgIpc) is 3.93. The Morgan fingerprint density at radius 2 is 1.06 bits per heavy atom. The number of hydrogen-bond donors (Lipinski definition) is 1. The first-order chi connectivity index (χ1) is 24.1. The Morgan fingerprint density at radius 3 is 1.47 bits per heavy atom. The van der Waals surface area contributed by atoms with E-state index < -0.39 is 5.97 Å². The number of rotatable bonds is 13. The van der Waals surface area contributed by atoms with Gasteiger partial charge in [0, 0.05) is 29.9 Å². The van der Waals surface area contributed by atoms with Crippen molar-refractivity contribution in [3.63, 3.8) is 0 Å². The Hall–Kier alpha value is -6.05. The van der Waals surface area contributed by atoms with Crippen molar-refractivity contribution in [2.24, 2.45) is 0 Å². The Labute approximate surface area is 285 Å². The van der Waals surface area contributed by atoms with Gasteiger partial charge in [-0.2, -0.15) is 0 Å². The molecule has 1 N–H and O–H groups in total. The van der Waals surface area contributed by atoms with Crippen LogP contribution in [-0.4, -0.2) is 33.8 Å². The molecule has 1 aliphatic rings. The zero-order chi connectivity index (χ0) is 33.4. The Bertz CT molecular complexity index is 1890.